The van der Waals surface area contributed by atoms with Crippen molar-refractivity contribution in [1.82, 2.24) is 20.5 Å². The molecule has 6 heteroatoms. The van der Waals surface area contributed by atoms with Crippen LogP contribution in [0, 0.1) is 13.8 Å². The molecule has 1 aliphatic carbocycles. The van der Waals surface area contributed by atoms with Crippen molar-refractivity contribution in [2.24, 2.45) is 4.99 Å². The predicted octanol–water partition coefficient (Wildman–Crippen LogP) is 2.69. The van der Waals surface area contributed by atoms with Crippen LogP contribution in [0.3, 0.4) is 0 Å². The van der Waals surface area contributed by atoms with Gasteiger partial charge in [-0.3, -0.25) is 0 Å². The van der Waals surface area contributed by atoms with Gasteiger partial charge in [-0.15, -0.1) is 11.3 Å². The first kappa shape index (κ1) is 18.2. The van der Waals surface area contributed by atoms with Gasteiger partial charge in [-0.25, -0.2) is 9.98 Å². The average Bonchev–Trinajstić information content (AvgIpc) is 3.15. The smallest absolute Gasteiger partial charge is 0.191 e. The van der Waals surface area contributed by atoms with Crippen LogP contribution < -0.4 is 10.6 Å². The number of nitrogens with zero attached hydrogens (tertiary/aromatic N) is 3. The van der Waals surface area contributed by atoms with Crippen molar-refractivity contribution in [2.75, 3.05) is 26.7 Å². The van der Waals surface area contributed by atoms with E-state index in [2.05, 4.69) is 53.3 Å². The van der Waals surface area contributed by atoms with Crippen molar-refractivity contribution in [2.45, 2.75) is 59.0 Å². The molecule has 1 aromatic rings. The molecule has 2 rings (SSSR count). The number of guanidine groups is 1. The highest BCUT2D eigenvalue weighted by Gasteiger charge is 2.18. The Labute approximate surface area is 144 Å². The maximum Gasteiger partial charge on any atom is 0.191 e. The molecule has 0 radical (unpaired) electrons. The molecule has 2 N–H and O–H groups in total. The second-order valence-electron chi connectivity index (χ2n) is 6.29. The Kier molecular flexibility index (Phi) is 7.30. The van der Waals surface area contributed by atoms with Crippen LogP contribution in [0.5, 0.6) is 0 Å². The zero-order valence-corrected chi connectivity index (χ0v) is 15.8. The Hall–Kier alpha value is -1.14. The molecule has 1 saturated carbocycles. The summed E-state index contributed by atoms with van der Waals surface area (Å²) in [7, 11) is 2.24. The van der Waals surface area contributed by atoms with E-state index in [1.54, 1.807) is 11.3 Å². The molecule has 0 aliphatic heterocycles. The van der Waals surface area contributed by atoms with Crippen LogP contribution in [0.25, 0.3) is 0 Å². The lowest BCUT2D eigenvalue weighted by Gasteiger charge is -2.24. The highest BCUT2D eigenvalue weighted by molar-refractivity contribution is 7.11. The molecule has 0 amide bonds. The molecule has 0 spiro atoms. The molecular weight excluding hydrogens is 306 g/mol. The van der Waals surface area contributed by atoms with Gasteiger partial charge in [-0.2, -0.15) is 0 Å². The molecule has 130 valence electrons. The molecule has 23 heavy (non-hydrogen) atoms. The van der Waals surface area contributed by atoms with E-state index in [4.69, 9.17) is 0 Å². The molecule has 0 saturated heterocycles. The van der Waals surface area contributed by atoms with Crippen molar-refractivity contribution in [3.05, 3.63) is 15.6 Å². The van der Waals surface area contributed by atoms with Gasteiger partial charge in [0.2, 0.25) is 0 Å². The third kappa shape index (κ3) is 5.77. The van der Waals surface area contributed by atoms with Crippen LogP contribution in [0.4, 0.5) is 0 Å². The van der Waals surface area contributed by atoms with Gasteiger partial charge < -0.3 is 15.5 Å². The molecule has 0 atom stereocenters. The van der Waals surface area contributed by atoms with Gasteiger partial charge in [0.05, 0.1) is 12.2 Å². The normalized spacial score (nSPS) is 16.3. The standard InChI is InChI=1S/C17H31N5S/c1-5-18-17(20-12-16-21-13(2)14(3)23-16)19-10-11-22(4)15-8-6-7-9-15/h15H,5-12H2,1-4H3,(H2,18,19,20). The molecule has 1 aliphatic rings. The Balaban J connectivity index is 1.79. The minimum absolute atomic E-state index is 0.646. The maximum atomic E-state index is 4.66. The first-order chi connectivity index (χ1) is 11.1. The van der Waals surface area contributed by atoms with E-state index in [1.165, 1.54) is 30.6 Å². The van der Waals surface area contributed by atoms with E-state index in [9.17, 15) is 0 Å². The van der Waals surface area contributed by atoms with E-state index in [-0.39, 0.29) is 0 Å². The van der Waals surface area contributed by atoms with Crippen LogP contribution in [-0.4, -0.2) is 48.6 Å². The summed E-state index contributed by atoms with van der Waals surface area (Å²) in [6.45, 7) is 9.77. The van der Waals surface area contributed by atoms with Gasteiger partial charge in [0.15, 0.2) is 5.96 Å². The summed E-state index contributed by atoms with van der Waals surface area (Å²) in [4.78, 5) is 13.0. The quantitative estimate of drug-likeness (QED) is 0.593. The lowest BCUT2D eigenvalue weighted by molar-refractivity contribution is 0.249. The Morgan fingerprint density at radius 1 is 1.30 bits per heavy atom. The Morgan fingerprint density at radius 3 is 2.65 bits per heavy atom. The highest BCUT2D eigenvalue weighted by atomic mass is 32.1. The number of hydrogen-bond acceptors (Lipinski definition) is 4. The number of hydrogen-bond donors (Lipinski definition) is 2. The van der Waals surface area contributed by atoms with Gasteiger partial charge in [0.1, 0.15) is 5.01 Å². The zero-order chi connectivity index (χ0) is 16.7. The number of nitrogens with one attached hydrogen (secondary N) is 2. The summed E-state index contributed by atoms with van der Waals surface area (Å²) >= 11 is 1.74. The van der Waals surface area contributed by atoms with Crippen LogP contribution in [0.15, 0.2) is 4.99 Å². The van der Waals surface area contributed by atoms with Gasteiger partial charge in [0.25, 0.3) is 0 Å². The van der Waals surface area contributed by atoms with Crippen molar-refractivity contribution in [3.8, 4) is 0 Å². The molecule has 1 aromatic heterocycles. The van der Waals surface area contributed by atoms with Crippen LogP contribution >= 0.6 is 11.3 Å². The van der Waals surface area contributed by atoms with Crippen molar-refractivity contribution in [1.29, 1.82) is 0 Å². The number of thiazole rings is 1. The summed E-state index contributed by atoms with van der Waals surface area (Å²) in [6, 6.07) is 0.776. The number of aliphatic imine (C=N–C) groups is 1. The van der Waals surface area contributed by atoms with Gasteiger partial charge >= 0.3 is 0 Å². The molecule has 1 heterocycles. The number of aromatic nitrogens is 1. The zero-order valence-electron chi connectivity index (χ0n) is 15.0. The summed E-state index contributed by atoms with van der Waals surface area (Å²) in [6.07, 6.45) is 5.49. The van der Waals surface area contributed by atoms with Crippen molar-refractivity contribution in [3.63, 3.8) is 0 Å². The summed E-state index contributed by atoms with van der Waals surface area (Å²) in [5, 5.41) is 7.84. The Morgan fingerprint density at radius 2 is 2.04 bits per heavy atom. The summed E-state index contributed by atoms with van der Waals surface area (Å²) in [5.74, 6) is 0.887. The largest absolute Gasteiger partial charge is 0.357 e. The summed E-state index contributed by atoms with van der Waals surface area (Å²) < 4.78 is 0. The second-order valence-corrected chi connectivity index (χ2v) is 7.58. The van der Waals surface area contributed by atoms with Gasteiger partial charge in [0, 0.05) is 30.6 Å². The SMILES string of the molecule is CCNC(=NCc1nc(C)c(C)s1)NCCN(C)C1CCCC1. The second kappa shape index (κ2) is 9.23. The van der Waals surface area contributed by atoms with E-state index < -0.39 is 0 Å². The number of aryl methyl sites for hydroxylation is 2. The first-order valence-electron chi connectivity index (χ1n) is 8.75. The molecule has 0 unspecified atom stereocenters. The molecule has 5 nitrogen and oxygen atoms in total. The van der Waals surface area contributed by atoms with Crippen molar-refractivity contribution >= 4 is 17.3 Å². The molecule has 0 bridgehead atoms. The fourth-order valence-electron chi connectivity index (χ4n) is 2.97. The summed E-state index contributed by atoms with van der Waals surface area (Å²) in [5.41, 5.74) is 1.12. The highest BCUT2D eigenvalue weighted by Crippen LogP contribution is 2.21. The number of likely N-dealkylation sites (N-methyl/N-ethyl adjacent to an activating group) is 1. The lowest BCUT2D eigenvalue weighted by Crippen LogP contribution is -2.42. The van der Waals surface area contributed by atoms with Crippen LogP contribution in [0.1, 0.15) is 48.2 Å². The van der Waals surface area contributed by atoms with E-state index in [1.807, 2.05) is 0 Å². The topological polar surface area (TPSA) is 52.6 Å². The lowest BCUT2D eigenvalue weighted by atomic mass is 10.2. The van der Waals surface area contributed by atoms with E-state index in [0.717, 1.165) is 42.3 Å². The fourth-order valence-corrected chi connectivity index (χ4v) is 3.83. The minimum Gasteiger partial charge on any atom is -0.357 e. The molecule has 0 aromatic carbocycles. The van der Waals surface area contributed by atoms with Crippen LogP contribution in [-0.2, 0) is 6.54 Å². The molecule has 1 fully saturated rings. The predicted molar refractivity (Wildman–Crippen MR) is 99.3 cm³/mol. The minimum atomic E-state index is 0.646. The Bertz CT molecular complexity index is 486. The van der Waals surface area contributed by atoms with E-state index in [0.29, 0.717) is 6.54 Å². The monoisotopic (exact) mass is 337 g/mol. The third-order valence-electron chi connectivity index (χ3n) is 4.49. The fraction of sp³-hybridized carbons (Fsp3) is 0.765. The number of rotatable bonds is 7. The molecular formula is C17H31N5S. The average molecular weight is 338 g/mol. The first-order valence-corrected chi connectivity index (χ1v) is 9.57. The van der Waals surface area contributed by atoms with Gasteiger partial charge in [-0.05, 0) is 40.7 Å². The van der Waals surface area contributed by atoms with Crippen molar-refractivity contribution < 1.29 is 0 Å². The maximum absolute atomic E-state index is 4.66. The van der Waals surface area contributed by atoms with E-state index >= 15 is 0 Å². The van der Waals surface area contributed by atoms with Crippen LogP contribution in [0.2, 0.25) is 0 Å². The van der Waals surface area contributed by atoms with Gasteiger partial charge in [-0.1, -0.05) is 12.8 Å². The third-order valence-corrected chi connectivity index (χ3v) is 5.55.